The molecule has 0 N–H and O–H groups in total. The van der Waals surface area contributed by atoms with Crippen LogP contribution in [-0.4, -0.2) is 17.5 Å². The van der Waals surface area contributed by atoms with E-state index in [1.165, 1.54) is 6.92 Å². The fourth-order valence-corrected chi connectivity index (χ4v) is 3.21. The SMILES string of the molecule is C/C(=N\OC(=O)c1ccccc1)C(=O)c1cccc(Sc2ccccc2)c1. The van der Waals surface area contributed by atoms with Crippen LogP contribution in [0.4, 0.5) is 0 Å². The molecular formula is C22H17NO3S. The maximum Gasteiger partial charge on any atom is 0.365 e. The number of ketones is 1. The van der Waals surface area contributed by atoms with E-state index >= 15 is 0 Å². The van der Waals surface area contributed by atoms with Gasteiger partial charge in [-0.1, -0.05) is 65.4 Å². The van der Waals surface area contributed by atoms with E-state index in [1.807, 2.05) is 42.5 Å². The van der Waals surface area contributed by atoms with Gasteiger partial charge in [0.2, 0.25) is 5.78 Å². The van der Waals surface area contributed by atoms with Crippen molar-refractivity contribution in [3.63, 3.8) is 0 Å². The topological polar surface area (TPSA) is 55.7 Å². The largest absolute Gasteiger partial charge is 0.365 e. The molecule has 0 aliphatic carbocycles. The lowest BCUT2D eigenvalue weighted by Crippen LogP contribution is -2.12. The van der Waals surface area contributed by atoms with Gasteiger partial charge in [0, 0.05) is 15.4 Å². The van der Waals surface area contributed by atoms with Gasteiger partial charge in [-0.25, -0.2) is 4.79 Å². The molecule has 0 saturated heterocycles. The molecule has 0 aliphatic rings. The Morgan fingerprint density at radius 3 is 2.07 bits per heavy atom. The molecule has 0 atom stereocenters. The number of hydrogen-bond acceptors (Lipinski definition) is 5. The van der Waals surface area contributed by atoms with Gasteiger partial charge in [0.25, 0.3) is 0 Å². The molecule has 4 nitrogen and oxygen atoms in total. The molecule has 0 aliphatic heterocycles. The standard InChI is InChI=1S/C22H17NO3S/c1-16(23-26-22(25)17-9-4-2-5-10-17)21(24)18-11-8-14-20(15-18)27-19-12-6-3-7-13-19/h2-15H,1H3/b23-16+. The van der Waals surface area contributed by atoms with Gasteiger partial charge < -0.3 is 4.84 Å². The van der Waals surface area contributed by atoms with Gasteiger partial charge >= 0.3 is 5.97 Å². The molecule has 0 bridgehead atoms. The summed E-state index contributed by atoms with van der Waals surface area (Å²) in [6, 6.07) is 25.7. The molecule has 0 amide bonds. The Morgan fingerprint density at radius 2 is 1.37 bits per heavy atom. The van der Waals surface area contributed by atoms with Crippen LogP contribution in [0.15, 0.2) is 99.9 Å². The number of carbonyl (C=O) groups excluding carboxylic acids is 2. The Kier molecular flexibility index (Phi) is 6.18. The van der Waals surface area contributed by atoms with Gasteiger partial charge in [0.05, 0.1) is 5.56 Å². The van der Waals surface area contributed by atoms with E-state index in [9.17, 15) is 9.59 Å². The number of hydrogen-bond donors (Lipinski definition) is 0. The van der Waals surface area contributed by atoms with Crippen LogP contribution in [0.3, 0.4) is 0 Å². The molecule has 0 unspecified atom stereocenters. The minimum atomic E-state index is -0.601. The lowest BCUT2D eigenvalue weighted by molar-refractivity contribution is 0.0515. The highest BCUT2D eigenvalue weighted by atomic mass is 32.2. The summed E-state index contributed by atoms with van der Waals surface area (Å²) >= 11 is 1.57. The molecule has 27 heavy (non-hydrogen) atoms. The summed E-state index contributed by atoms with van der Waals surface area (Å²) in [5.41, 5.74) is 0.983. The number of benzene rings is 3. The molecule has 0 aromatic heterocycles. The summed E-state index contributed by atoms with van der Waals surface area (Å²) in [6.45, 7) is 1.53. The van der Waals surface area contributed by atoms with Crippen LogP contribution in [0.25, 0.3) is 0 Å². The van der Waals surface area contributed by atoms with Crippen molar-refractivity contribution < 1.29 is 14.4 Å². The first kappa shape index (κ1) is 18.6. The summed E-state index contributed by atoms with van der Waals surface area (Å²) in [7, 11) is 0. The molecular weight excluding hydrogens is 358 g/mol. The maximum atomic E-state index is 12.6. The minimum Gasteiger partial charge on any atom is -0.312 e. The molecule has 0 spiro atoms. The van der Waals surface area contributed by atoms with E-state index in [4.69, 9.17) is 4.84 Å². The maximum absolute atomic E-state index is 12.6. The Hall–Kier alpha value is -3.18. The van der Waals surface area contributed by atoms with Gasteiger partial charge in [-0.2, -0.15) is 0 Å². The van der Waals surface area contributed by atoms with E-state index in [0.717, 1.165) is 9.79 Å². The zero-order chi connectivity index (χ0) is 19.1. The van der Waals surface area contributed by atoms with E-state index in [1.54, 1.807) is 54.2 Å². The third-order valence-corrected chi connectivity index (χ3v) is 4.68. The van der Waals surface area contributed by atoms with Gasteiger partial charge in [-0.15, -0.1) is 0 Å². The smallest absolute Gasteiger partial charge is 0.312 e. The first-order valence-corrected chi connectivity index (χ1v) is 9.14. The average Bonchev–Trinajstić information content (AvgIpc) is 2.72. The number of oxime groups is 1. The highest BCUT2D eigenvalue weighted by Gasteiger charge is 2.13. The van der Waals surface area contributed by atoms with Crippen LogP contribution >= 0.6 is 11.8 Å². The summed E-state index contributed by atoms with van der Waals surface area (Å²) in [4.78, 5) is 31.4. The zero-order valence-corrected chi connectivity index (χ0v) is 15.5. The van der Waals surface area contributed by atoms with Crippen LogP contribution in [0.2, 0.25) is 0 Å². The molecule has 0 saturated carbocycles. The fourth-order valence-electron chi connectivity index (χ4n) is 2.31. The van der Waals surface area contributed by atoms with Crippen molar-refractivity contribution in [2.75, 3.05) is 0 Å². The van der Waals surface area contributed by atoms with E-state index in [0.29, 0.717) is 11.1 Å². The summed E-state index contributed by atoms with van der Waals surface area (Å²) in [5, 5.41) is 3.70. The predicted molar refractivity (Wildman–Crippen MR) is 106 cm³/mol. The van der Waals surface area contributed by atoms with Crippen molar-refractivity contribution in [1.82, 2.24) is 0 Å². The molecule has 0 heterocycles. The van der Waals surface area contributed by atoms with Crippen LogP contribution in [-0.2, 0) is 4.84 Å². The number of rotatable bonds is 6. The van der Waals surface area contributed by atoms with Crippen LogP contribution in [0, 0.1) is 0 Å². The Bertz CT molecular complexity index is 969. The van der Waals surface area contributed by atoms with Gasteiger partial charge in [0.15, 0.2) is 0 Å². The Labute approximate surface area is 161 Å². The van der Waals surface area contributed by atoms with E-state index < -0.39 is 5.97 Å². The predicted octanol–water partition coefficient (Wildman–Crippen LogP) is 5.25. The first-order valence-electron chi connectivity index (χ1n) is 8.32. The molecule has 3 aromatic rings. The van der Waals surface area contributed by atoms with Crippen molar-refractivity contribution in [2.24, 2.45) is 5.16 Å². The van der Waals surface area contributed by atoms with Crippen molar-refractivity contribution >= 4 is 29.2 Å². The van der Waals surface area contributed by atoms with Crippen LogP contribution in [0.5, 0.6) is 0 Å². The van der Waals surface area contributed by atoms with Crippen molar-refractivity contribution in [1.29, 1.82) is 0 Å². The van der Waals surface area contributed by atoms with Gasteiger partial charge in [-0.3, -0.25) is 4.79 Å². The molecule has 134 valence electrons. The van der Waals surface area contributed by atoms with Crippen molar-refractivity contribution in [3.05, 3.63) is 96.1 Å². The highest BCUT2D eigenvalue weighted by molar-refractivity contribution is 7.99. The van der Waals surface area contributed by atoms with Crippen molar-refractivity contribution in [3.8, 4) is 0 Å². The third kappa shape index (κ3) is 5.15. The first-order chi connectivity index (χ1) is 13.1. The second-order valence-electron chi connectivity index (χ2n) is 5.69. The van der Waals surface area contributed by atoms with Crippen LogP contribution < -0.4 is 0 Å². The summed E-state index contributed by atoms with van der Waals surface area (Å²) in [5.74, 6) is -0.887. The Morgan fingerprint density at radius 1 is 0.778 bits per heavy atom. The third-order valence-electron chi connectivity index (χ3n) is 3.68. The normalized spacial score (nSPS) is 11.1. The summed E-state index contributed by atoms with van der Waals surface area (Å²) in [6.07, 6.45) is 0. The number of Topliss-reactive ketones (excluding diaryl/α,β-unsaturated/α-hetero) is 1. The monoisotopic (exact) mass is 375 g/mol. The van der Waals surface area contributed by atoms with Gasteiger partial charge in [0.1, 0.15) is 5.71 Å². The number of nitrogens with zero attached hydrogens (tertiary/aromatic N) is 1. The highest BCUT2D eigenvalue weighted by Crippen LogP contribution is 2.27. The van der Waals surface area contributed by atoms with E-state index in [2.05, 4.69) is 5.16 Å². The summed E-state index contributed by atoms with van der Waals surface area (Å²) < 4.78 is 0. The zero-order valence-electron chi connectivity index (χ0n) is 14.7. The second kappa shape index (κ2) is 8.96. The molecule has 5 heteroatoms. The van der Waals surface area contributed by atoms with Gasteiger partial charge in [-0.05, 0) is 43.3 Å². The molecule has 0 fully saturated rings. The fraction of sp³-hybridized carbons (Fsp3) is 0.0455. The van der Waals surface area contributed by atoms with Crippen molar-refractivity contribution in [2.45, 2.75) is 16.7 Å². The Balaban J connectivity index is 1.69. The van der Waals surface area contributed by atoms with E-state index in [-0.39, 0.29) is 11.5 Å². The molecule has 3 aromatic carbocycles. The lowest BCUT2D eigenvalue weighted by Gasteiger charge is -2.05. The average molecular weight is 375 g/mol. The molecule has 3 rings (SSSR count). The lowest BCUT2D eigenvalue weighted by atomic mass is 10.1. The molecule has 0 radical (unpaired) electrons. The number of carbonyl (C=O) groups is 2. The quantitative estimate of drug-likeness (QED) is 0.255. The minimum absolute atomic E-state index is 0.112. The van der Waals surface area contributed by atoms with Crippen LogP contribution in [0.1, 0.15) is 27.6 Å². The second-order valence-corrected chi connectivity index (χ2v) is 6.84.